The third-order valence-corrected chi connectivity index (χ3v) is 4.75. The van der Waals surface area contributed by atoms with Gasteiger partial charge in [-0.05, 0) is 48.5 Å². The molecule has 31 heavy (non-hydrogen) atoms. The standard InChI is InChI=1S/C23H17F2N3O2S/c24-23(25)31-20-10-8-18(9-11-20)28-22(29)17(14-26)13-16-5-1-2-7-21(16)30-15-19-6-3-4-12-27-19/h1-13,23H,15H2,(H,28,29)/b17-13+. The number of rotatable bonds is 8. The Hall–Kier alpha value is -3.70. The van der Waals surface area contributed by atoms with Crippen molar-refractivity contribution < 1.29 is 18.3 Å². The molecule has 3 aromatic rings. The van der Waals surface area contributed by atoms with Crippen molar-refractivity contribution in [3.05, 3.63) is 89.8 Å². The topological polar surface area (TPSA) is 75.0 Å². The Morgan fingerprint density at radius 1 is 1.13 bits per heavy atom. The van der Waals surface area contributed by atoms with Crippen molar-refractivity contribution in [3.63, 3.8) is 0 Å². The second-order valence-electron chi connectivity index (χ2n) is 6.17. The molecule has 0 fully saturated rings. The zero-order valence-electron chi connectivity index (χ0n) is 16.2. The molecule has 0 aliphatic rings. The zero-order valence-corrected chi connectivity index (χ0v) is 17.0. The van der Waals surface area contributed by atoms with Crippen LogP contribution in [0.5, 0.6) is 5.75 Å². The summed E-state index contributed by atoms with van der Waals surface area (Å²) in [5.41, 5.74) is 1.58. The van der Waals surface area contributed by atoms with E-state index < -0.39 is 11.7 Å². The quantitative estimate of drug-likeness (QED) is 0.285. The van der Waals surface area contributed by atoms with Crippen LogP contribution >= 0.6 is 11.8 Å². The van der Waals surface area contributed by atoms with Gasteiger partial charge < -0.3 is 10.1 Å². The summed E-state index contributed by atoms with van der Waals surface area (Å²) in [6.45, 7) is 0.239. The highest BCUT2D eigenvalue weighted by Crippen LogP contribution is 2.26. The van der Waals surface area contributed by atoms with Crippen molar-refractivity contribution in [2.45, 2.75) is 17.3 Å². The van der Waals surface area contributed by atoms with Crippen molar-refractivity contribution >= 4 is 29.4 Å². The molecule has 0 unspecified atom stereocenters. The molecule has 0 aliphatic heterocycles. The number of para-hydroxylation sites is 1. The first-order valence-corrected chi connectivity index (χ1v) is 10.0. The number of pyridine rings is 1. The van der Waals surface area contributed by atoms with Gasteiger partial charge in [0.05, 0.1) is 5.69 Å². The lowest BCUT2D eigenvalue weighted by Gasteiger charge is -2.10. The third kappa shape index (κ3) is 6.66. The number of thioether (sulfide) groups is 1. The van der Waals surface area contributed by atoms with Crippen LogP contribution in [0.25, 0.3) is 6.08 Å². The number of ether oxygens (including phenoxy) is 1. The Kier molecular flexibility index (Phi) is 7.73. The van der Waals surface area contributed by atoms with Gasteiger partial charge >= 0.3 is 0 Å². The van der Waals surface area contributed by atoms with Gasteiger partial charge in [0, 0.05) is 22.3 Å². The number of nitrogens with one attached hydrogen (secondary N) is 1. The summed E-state index contributed by atoms with van der Waals surface area (Å²) >= 11 is 0.415. The molecular weight excluding hydrogens is 420 g/mol. The van der Waals surface area contributed by atoms with Crippen LogP contribution in [0.4, 0.5) is 14.5 Å². The Morgan fingerprint density at radius 3 is 2.55 bits per heavy atom. The van der Waals surface area contributed by atoms with Crippen LogP contribution in [0.3, 0.4) is 0 Å². The molecule has 156 valence electrons. The normalized spacial score (nSPS) is 11.1. The zero-order chi connectivity index (χ0) is 22.1. The van der Waals surface area contributed by atoms with Gasteiger partial charge in [0.25, 0.3) is 11.7 Å². The summed E-state index contributed by atoms with van der Waals surface area (Å²) in [7, 11) is 0. The van der Waals surface area contributed by atoms with E-state index in [9.17, 15) is 18.8 Å². The van der Waals surface area contributed by atoms with Crippen LogP contribution in [-0.2, 0) is 11.4 Å². The number of carbonyl (C=O) groups excluding carboxylic acids is 1. The van der Waals surface area contributed by atoms with Crippen molar-refractivity contribution in [1.82, 2.24) is 4.98 Å². The Bertz CT molecular complexity index is 1100. The lowest BCUT2D eigenvalue weighted by Crippen LogP contribution is -2.13. The highest BCUT2D eigenvalue weighted by atomic mass is 32.2. The van der Waals surface area contributed by atoms with Crippen molar-refractivity contribution in [2.24, 2.45) is 0 Å². The number of hydrogen-bond acceptors (Lipinski definition) is 5. The second kappa shape index (κ2) is 10.9. The monoisotopic (exact) mass is 437 g/mol. The van der Waals surface area contributed by atoms with Crippen LogP contribution in [0.1, 0.15) is 11.3 Å². The molecule has 1 aromatic heterocycles. The number of halogens is 2. The highest BCUT2D eigenvalue weighted by molar-refractivity contribution is 7.99. The number of amides is 1. The van der Waals surface area contributed by atoms with Gasteiger partial charge in [0.15, 0.2) is 0 Å². The van der Waals surface area contributed by atoms with Crippen molar-refractivity contribution in [1.29, 1.82) is 5.26 Å². The average Bonchev–Trinajstić information content (AvgIpc) is 2.78. The van der Waals surface area contributed by atoms with E-state index >= 15 is 0 Å². The van der Waals surface area contributed by atoms with E-state index in [1.807, 2.05) is 24.3 Å². The van der Waals surface area contributed by atoms with Crippen LogP contribution in [0.15, 0.2) is 83.4 Å². The fourth-order valence-electron chi connectivity index (χ4n) is 2.59. The first kappa shape index (κ1) is 22.0. The number of benzene rings is 2. The van der Waals surface area contributed by atoms with Gasteiger partial charge in [0.2, 0.25) is 0 Å². The molecule has 8 heteroatoms. The minimum atomic E-state index is -2.52. The van der Waals surface area contributed by atoms with Crippen molar-refractivity contribution in [3.8, 4) is 11.8 Å². The molecule has 1 amide bonds. The van der Waals surface area contributed by atoms with Crippen molar-refractivity contribution in [2.75, 3.05) is 5.32 Å². The van der Waals surface area contributed by atoms with E-state index in [1.54, 1.807) is 30.5 Å². The number of nitriles is 1. The van der Waals surface area contributed by atoms with E-state index in [0.29, 0.717) is 33.7 Å². The molecule has 0 bridgehead atoms. The minimum Gasteiger partial charge on any atom is -0.487 e. The van der Waals surface area contributed by atoms with Gasteiger partial charge in [-0.3, -0.25) is 9.78 Å². The summed E-state index contributed by atoms with van der Waals surface area (Å²) in [5.74, 6) is -2.63. The van der Waals surface area contributed by atoms with Gasteiger partial charge in [-0.25, -0.2) is 0 Å². The summed E-state index contributed by atoms with van der Waals surface area (Å²) in [6, 6.07) is 20.4. The molecule has 0 radical (unpaired) electrons. The molecule has 0 atom stereocenters. The molecule has 5 nitrogen and oxygen atoms in total. The summed E-state index contributed by atoms with van der Waals surface area (Å²) in [5, 5.41) is 12.1. The maximum Gasteiger partial charge on any atom is 0.288 e. The van der Waals surface area contributed by atoms with E-state index in [1.165, 1.54) is 30.3 Å². The highest BCUT2D eigenvalue weighted by Gasteiger charge is 2.12. The van der Waals surface area contributed by atoms with Gasteiger partial charge in [-0.15, -0.1) is 0 Å². The number of nitrogens with zero attached hydrogens (tertiary/aromatic N) is 2. The molecule has 1 heterocycles. The predicted octanol–water partition coefficient (Wildman–Crippen LogP) is 5.52. The first-order valence-electron chi connectivity index (χ1n) is 9.15. The minimum absolute atomic E-state index is 0.125. The van der Waals surface area contributed by atoms with Crippen LogP contribution in [0, 0.1) is 11.3 Å². The smallest absolute Gasteiger partial charge is 0.288 e. The number of anilines is 1. The number of alkyl halides is 2. The molecular formula is C23H17F2N3O2S. The Labute approximate surface area is 182 Å². The molecule has 0 saturated carbocycles. The number of aromatic nitrogens is 1. The van der Waals surface area contributed by atoms with Gasteiger partial charge in [-0.2, -0.15) is 14.0 Å². The first-order chi connectivity index (χ1) is 15.0. The molecule has 2 aromatic carbocycles. The molecule has 0 aliphatic carbocycles. The Morgan fingerprint density at radius 2 is 1.87 bits per heavy atom. The average molecular weight is 437 g/mol. The van der Waals surface area contributed by atoms with Gasteiger partial charge in [-0.1, -0.05) is 36.0 Å². The predicted molar refractivity (Wildman–Crippen MR) is 116 cm³/mol. The maximum absolute atomic E-state index is 12.5. The lowest BCUT2D eigenvalue weighted by atomic mass is 10.1. The molecule has 0 spiro atoms. The summed E-state index contributed by atoms with van der Waals surface area (Å²) in [6.07, 6.45) is 3.10. The lowest BCUT2D eigenvalue weighted by molar-refractivity contribution is -0.112. The number of carbonyl (C=O) groups is 1. The fraction of sp³-hybridized carbons (Fsp3) is 0.0870. The van der Waals surface area contributed by atoms with Crippen LogP contribution < -0.4 is 10.1 Å². The maximum atomic E-state index is 12.5. The summed E-state index contributed by atoms with van der Waals surface area (Å²) < 4.78 is 30.6. The largest absolute Gasteiger partial charge is 0.487 e. The molecule has 0 saturated heterocycles. The SMILES string of the molecule is N#C/C(=C\c1ccccc1OCc1ccccn1)C(=O)Nc1ccc(SC(F)F)cc1. The van der Waals surface area contributed by atoms with Gasteiger partial charge in [0.1, 0.15) is 24.0 Å². The molecule has 3 rings (SSSR count). The van der Waals surface area contributed by atoms with E-state index in [2.05, 4.69) is 10.3 Å². The second-order valence-corrected chi connectivity index (χ2v) is 7.24. The van der Waals surface area contributed by atoms with Crippen LogP contribution in [-0.4, -0.2) is 16.6 Å². The number of hydrogen-bond donors (Lipinski definition) is 1. The Balaban J connectivity index is 1.72. The van der Waals surface area contributed by atoms with E-state index in [-0.39, 0.29) is 12.2 Å². The summed E-state index contributed by atoms with van der Waals surface area (Å²) in [4.78, 5) is 17.1. The van der Waals surface area contributed by atoms with E-state index in [0.717, 1.165) is 5.69 Å². The third-order valence-electron chi connectivity index (χ3n) is 4.02. The fourth-order valence-corrected chi connectivity index (χ4v) is 3.09. The van der Waals surface area contributed by atoms with Crippen LogP contribution in [0.2, 0.25) is 0 Å². The molecule has 1 N–H and O–H groups in total. The van der Waals surface area contributed by atoms with E-state index in [4.69, 9.17) is 4.74 Å².